The minimum atomic E-state index is -0.134. The number of carbonyl (C=O) groups is 1. The van der Waals surface area contributed by atoms with Crippen LogP contribution in [0.2, 0.25) is 4.34 Å². The summed E-state index contributed by atoms with van der Waals surface area (Å²) in [6.07, 6.45) is 2.61. The lowest BCUT2D eigenvalue weighted by Gasteiger charge is -2.12. The molecule has 0 aliphatic carbocycles. The van der Waals surface area contributed by atoms with E-state index in [2.05, 4.69) is 22.5 Å². The van der Waals surface area contributed by atoms with Gasteiger partial charge in [-0.3, -0.25) is 9.78 Å². The highest BCUT2D eigenvalue weighted by Crippen LogP contribution is 2.21. The molecule has 2 heterocycles. The number of halogens is 1. The number of rotatable bonds is 6. The molecule has 6 heteroatoms. The largest absolute Gasteiger partial charge is 0.384 e. The lowest BCUT2D eigenvalue weighted by atomic mass is 10.2. The first-order valence-electron chi connectivity index (χ1n) is 6.83. The van der Waals surface area contributed by atoms with Crippen LogP contribution in [0.3, 0.4) is 0 Å². The molecular weight excluding hydrogens is 306 g/mol. The maximum absolute atomic E-state index is 12.3. The normalized spacial score (nSPS) is 10.4. The van der Waals surface area contributed by atoms with Crippen LogP contribution in [0.5, 0.6) is 0 Å². The molecule has 0 atom stereocenters. The minimum absolute atomic E-state index is 0.134. The third kappa shape index (κ3) is 4.44. The van der Waals surface area contributed by atoms with E-state index < -0.39 is 0 Å². The third-order valence-electron chi connectivity index (χ3n) is 2.90. The first-order chi connectivity index (χ1) is 10.1. The van der Waals surface area contributed by atoms with E-state index in [1.807, 2.05) is 25.1 Å². The summed E-state index contributed by atoms with van der Waals surface area (Å²) in [5.41, 5.74) is 2.28. The monoisotopic (exact) mass is 323 g/mol. The molecular formula is C15H18ClN3OS. The summed E-state index contributed by atoms with van der Waals surface area (Å²) in [5.74, 6) is -0.134. The number of aromatic nitrogens is 1. The zero-order valence-corrected chi connectivity index (χ0v) is 13.6. The van der Waals surface area contributed by atoms with Gasteiger partial charge in [-0.05, 0) is 31.5 Å². The second-order valence-corrected chi connectivity index (χ2v) is 6.49. The number of carbonyl (C=O) groups excluding carboxylic acids is 1. The Morgan fingerprint density at radius 2 is 2.24 bits per heavy atom. The van der Waals surface area contributed by atoms with Crippen LogP contribution in [0.25, 0.3) is 0 Å². The van der Waals surface area contributed by atoms with Gasteiger partial charge in [0.05, 0.1) is 22.1 Å². The van der Waals surface area contributed by atoms with Crippen molar-refractivity contribution in [1.29, 1.82) is 0 Å². The van der Waals surface area contributed by atoms with Crippen LogP contribution in [0.4, 0.5) is 5.69 Å². The maximum atomic E-state index is 12.3. The van der Waals surface area contributed by atoms with Gasteiger partial charge in [0.2, 0.25) is 0 Å². The maximum Gasteiger partial charge on any atom is 0.255 e. The summed E-state index contributed by atoms with van der Waals surface area (Å²) >= 11 is 7.34. The van der Waals surface area contributed by atoms with E-state index in [-0.39, 0.29) is 5.91 Å². The molecule has 2 aromatic heterocycles. The van der Waals surface area contributed by atoms with Gasteiger partial charge in [-0.25, -0.2) is 0 Å². The van der Waals surface area contributed by atoms with E-state index in [0.717, 1.165) is 33.6 Å². The zero-order valence-electron chi connectivity index (χ0n) is 12.1. The number of anilines is 1. The Bertz CT molecular complexity index is 627. The molecule has 0 aliphatic heterocycles. The molecule has 0 spiro atoms. The topological polar surface area (TPSA) is 54.0 Å². The zero-order chi connectivity index (χ0) is 15.2. The molecule has 2 N–H and O–H groups in total. The van der Waals surface area contributed by atoms with Crippen molar-refractivity contribution in [2.75, 3.05) is 11.9 Å². The van der Waals surface area contributed by atoms with Gasteiger partial charge in [0.25, 0.3) is 5.91 Å². The third-order valence-corrected chi connectivity index (χ3v) is 4.13. The number of hydrogen-bond acceptors (Lipinski definition) is 4. The summed E-state index contributed by atoms with van der Waals surface area (Å²) in [7, 11) is 0. The van der Waals surface area contributed by atoms with Crippen LogP contribution >= 0.6 is 22.9 Å². The number of hydrogen-bond donors (Lipinski definition) is 2. The van der Waals surface area contributed by atoms with Crippen LogP contribution < -0.4 is 10.6 Å². The molecule has 0 aliphatic rings. The Morgan fingerprint density at radius 1 is 1.43 bits per heavy atom. The van der Waals surface area contributed by atoms with Crippen molar-refractivity contribution in [2.45, 2.75) is 26.8 Å². The fraction of sp³-hybridized carbons (Fsp3) is 0.333. The molecule has 2 aromatic rings. The molecule has 0 aromatic carbocycles. The van der Waals surface area contributed by atoms with Crippen LogP contribution in [0.1, 0.15) is 34.3 Å². The van der Waals surface area contributed by atoms with Crippen molar-refractivity contribution in [3.63, 3.8) is 0 Å². The highest BCUT2D eigenvalue weighted by Gasteiger charge is 2.12. The number of nitrogens with zero attached hydrogens (tertiary/aromatic N) is 1. The second-order valence-electron chi connectivity index (χ2n) is 4.69. The summed E-state index contributed by atoms with van der Waals surface area (Å²) < 4.78 is 0.724. The van der Waals surface area contributed by atoms with Gasteiger partial charge in [-0.2, -0.15) is 0 Å². The summed E-state index contributed by atoms with van der Waals surface area (Å²) in [5, 5.41) is 6.17. The first-order valence-corrected chi connectivity index (χ1v) is 8.02. The number of nitrogens with one attached hydrogen (secondary N) is 2. The van der Waals surface area contributed by atoms with Crippen molar-refractivity contribution in [2.24, 2.45) is 0 Å². The van der Waals surface area contributed by atoms with Gasteiger partial charge in [0.15, 0.2) is 0 Å². The number of aryl methyl sites for hydroxylation is 1. The van der Waals surface area contributed by atoms with Crippen LogP contribution in [-0.2, 0) is 6.54 Å². The van der Waals surface area contributed by atoms with E-state index in [9.17, 15) is 4.79 Å². The van der Waals surface area contributed by atoms with E-state index >= 15 is 0 Å². The van der Waals surface area contributed by atoms with Gasteiger partial charge in [-0.1, -0.05) is 18.5 Å². The lowest BCUT2D eigenvalue weighted by Crippen LogP contribution is -2.24. The highest BCUT2D eigenvalue weighted by atomic mass is 35.5. The Labute approximate surface area is 133 Å². The first kappa shape index (κ1) is 15.8. The molecule has 2 rings (SSSR count). The predicted molar refractivity (Wildman–Crippen MR) is 88.3 cm³/mol. The fourth-order valence-electron chi connectivity index (χ4n) is 1.86. The summed E-state index contributed by atoms with van der Waals surface area (Å²) in [6, 6.07) is 5.64. The molecule has 0 fully saturated rings. The molecule has 0 unspecified atom stereocenters. The molecule has 0 radical (unpaired) electrons. The predicted octanol–water partition coefficient (Wildman–Crippen LogP) is 3.86. The summed E-state index contributed by atoms with van der Waals surface area (Å²) in [4.78, 5) is 17.5. The van der Waals surface area contributed by atoms with Crippen molar-refractivity contribution in [3.8, 4) is 0 Å². The molecule has 0 saturated heterocycles. The molecule has 0 saturated carbocycles. The van der Waals surface area contributed by atoms with Gasteiger partial charge < -0.3 is 10.6 Å². The Morgan fingerprint density at radius 3 is 2.90 bits per heavy atom. The van der Waals surface area contributed by atoms with Crippen molar-refractivity contribution in [3.05, 3.63) is 44.9 Å². The van der Waals surface area contributed by atoms with E-state index in [1.54, 1.807) is 6.20 Å². The Kier molecular flexibility index (Phi) is 5.59. The van der Waals surface area contributed by atoms with Gasteiger partial charge >= 0.3 is 0 Å². The minimum Gasteiger partial charge on any atom is -0.384 e. The lowest BCUT2D eigenvalue weighted by molar-refractivity contribution is 0.0951. The van der Waals surface area contributed by atoms with Crippen molar-refractivity contribution >= 4 is 34.5 Å². The molecule has 112 valence electrons. The van der Waals surface area contributed by atoms with E-state index in [4.69, 9.17) is 11.6 Å². The van der Waals surface area contributed by atoms with Crippen LogP contribution in [0.15, 0.2) is 24.4 Å². The Hall–Kier alpha value is -1.59. The highest BCUT2D eigenvalue weighted by molar-refractivity contribution is 7.16. The van der Waals surface area contributed by atoms with Crippen LogP contribution in [0, 0.1) is 6.92 Å². The molecule has 21 heavy (non-hydrogen) atoms. The molecule has 0 bridgehead atoms. The second kappa shape index (κ2) is 7.43. The average Bonchev–Trinajstić information content (AvgIpc) is 2.88. The van der Waals surface area contributed by atoms with Gasteiger partial charge in [0, 0.05) is 23.3 Å². The van der Waals surface area contributed by atoms with Crippen molar-refractivity contribution in [1.82, 2.24) is 10.3 Å². The van der Waals surface area contributed by atoms with Gasteiger partial charge in [0.1, 0.15) is 0 Å². The molecule has 4 nitrogen and oxygen atoms in total. The van der Waals surface area contributed by atoms with E-state index in [0.29, 0.717) is 12.1 Å². The average molecular weight is 324 g/mol. The smallest absolute Gasteiger partial charge is 0.255 e. The Balaban J connectivity index is 2.07. The summed E-state index contributed by atoms with van der Waals surface area (Å²) in [6.45, 7) is 5.29. The molecule has 1 amide bonds. The fourth-order valence-corrected chi connectivity index (χ4v) is 2.88. The number of thiophene rings is 1. The standard InChI is InChI=1S/C15H18ClN3OS/c1-3-6-17-13-7-10(2)18-9-12(13)15(20)19-8-11-4-5-14(16)21-11/h4-5,7,9H,3,6,8H2,1-2H3,(H,17,18)(H,19,20). The number of pyridine rings is 1. The van der Waals surface area contributed by atoms with Gasteiger partial charge in [-0.15, -0.1) is 11.3 Å². The van der Waals surface area contributed by atoms with Crippen molar-refractivity contribution < 1.29 is 4.79 Å². The quantitative estimate of drug-likeness (QED) is 0.848. The van der Waals surface area contributed by atoms with Crippen LogP contribution in [-0.4, -0.2) is 17.4 Å². The number of amides is 1. The SMILES string of the molecule is CCCNc1cc(C)ncc1C(=O)NCc1ccc(Cl)s1. The van der Waals surface area contributed by atoms with E-state index in [1.165, 1.54) is 11.3 Å².